The molecule has 2 heterocycles. The van der Waals surface area contributed by atoms with E-state index in [9.17, 15) is 4.79 Å². The van der Waals surface area contributed by atoms with Gasteiger partial charge in [0, 0.05) is 23.2 Å². The molecule has 3 aromatic rings. The standard InChI is InChI=1S/C20H16Cl2N4O2/c1-26-17-5-3-2-4-16(17)24-18(26)9-19(27)25-23-10-12-6-13-7-14(21)8-15(22)20(13)28-11-12/h2-8,10H,9,11H2,1H3,(H,25,27)/b23-10+. The van der Waals surface area contributed by atoms with Crippen molar-refractivity contribution in [3.63, 3.8) is 0 Å². The first-order valence-corrected chi connectivity index (χ1v) is 9.31. The average molecular weight is 415 g/mol. The molecule has 0 fully saturated rings. The van der Waals surface area contributed by atoms with Gasteiger partial charge in [0.2, 0.25) is 5.91 Å². The van der Waals surface area contributed by atoms with E-state index in [1.807, 2.05) is 42.0 Å². The van der Waals surface area contributed by atoms with Crippen molar-refractivity contribution in [2.75, 3.05) is 6.61 Å². The van der Waals surface area contributed by atoms with Gasteiger partial charge in [-0.05, 0) is 30.3 Å². The van der Waals surface area contributed by atoms with Gasteiger partial charge in [-0.25, -0.2) is 10.4 Å². The summed E-state index contributed by atoms with van der Waals surface area (Å²) in [5, 5.41) is 5.01. The van der Waals surface area contributed by atoms with E-state index in [-0.39, 0.29) is 12.3 Å². The summed E-state index contributed by atoms with van der Waals surface area (Å²) in [7, 11) is 1.89. The minimum Gasteiger partial charge on any atom is -0.487 e. The largest absolute Gasteiger partial charge is 0.487 e. The molecule has 8 heteroatoms. The lowest BCUT2D eigenvalue weighted by atomic mass is 10.1. The first kappa shape index (κ1) is 18.5. The Kier molecular flexibility index (Phi) is 5.07. The van der Waals surface area contributed by atoms with Gasteiger partial charge in [0.05, 0.1) is 28.7 Å². The van der Waals surface area contributed by atoms with E-state index in [2.05, 4.69) is 15.5 Å². The normalized spacial score (nSPS) is 13.3. The Labute approximate surface area is 171 Å². The number of imidazole rings is 1. The Hall–Kier alpha value is -2.83. The number of benzene rings is 2. The van der Waals surface area contributed by atoms with E-state index in [4.69, 9.17) is 27.9 Å². The fraction of sp³-hybridized carbons (Fsp3) is 0.150. The monoisotopic (exact) mass is 414 g/mol. The molecule has 0 bridgehead atoms. The van der Waals surface area contributed by atoms with Crippen molar-refractivity contribution in [2.45, 2.75) is 6.42 Å². The number of rotatable bonds is 4. The first-order chi connectivity index (χ1) is 13.5. The van der Waals surface area contributed by atoms with Gasteiger partial charge in [0.1, 0.15) is 18.2 Å². The zero-order valence-corrected chi connectivity index (χ0v) is 16.5. The van der Waals surface area contributed by atoms with Crippen molar-refractivity contribution in [3.8, 4) is 5.75 Å². The van der Waals surface area contributed by atoms with E-state index in [0.717, 1.165) is 22.2 Å². The van der Waals surface area contributed by atoms with Gasteiger partial charge in [-0.3, -0.25) is 4.79 Å². The topological polar surface area (TPSA) is 68.5 Å². The fourth-order valence-electron chi connectivity index (χ4n) is 3.04. The molecule has 6 nitrogen and oxygen atoms in total. The molecule has 1 aliphatic rings. The number of nitrogens with one attached hydrogen (secondary N) is 1. The smallest absolute Gasteiger partial charge is 0.247 e. The zero-order valence-electron chi connectivity index (χ0n) is 14.9. The van der Waals surface area contributed by atoms with Crippen molar-refractivity contribution in [3.05, 3.63) is 63.4 Å². The number of aromatic nitrogens is 2. The van der Waals surface area contributed by atoms with Crippen LogP contribution in [0.25, 0.3) is 17.1 Å². The van der Waals surface area contributed by atoms with Crippen molar-refractivity contribution >= 4 is 52.4 Å². The van der Waals surface area contributed by atoms with Crippen LogP contribution in [0.1, 0.15) is 11.4 Å². The van der Waals surface area contributed by atoms with Crippen molar-refractivity contribution < 1.29 is 9.53 Å². The maximum absolute atomic E-state index is 12.2. The molecular weight excluding hydrogens is 399 g/mol. The molecule has 0 saturated carbocycles. The minimum absolute atomic E-state index is 0.131. The van der Waals surface area contributed by atoms with Crippen LogP contribution in [0.3, 0.4) is 0 Å². The molecule has 1 N–H and O–H groups in total. The lowest BCUT2D eigenvalue weighted by Crippen LogP contribution is -2.22. The SMILES string of the molecule is Cn1c(CC(=O)N/N=C/C2=Cc3cc(Cl)cc(Cl)c3OC2)nc2ccccc21. The second kappa shape index (κ2) is 7.66. The van der Waals surface area contributed by atoms with Gasteiger partial charge >= 0.3 is 0 Å². The fourth-order valence-corrected chi connectivity index (χ4v) is 3.60. The number of carbonyl (C=O) groups is 1. The van der Waals surface area contributed by atoms with Crippen LogP contribution in [0.15, 0.2) is 47.1 Å². The van der Waals surface area contributed by atoms with E-state index < -0.39 is 0 Å². The Balaban J connectivity index is 1.42. The van der Waals surface area contributed by atoms with Crippen LogP contribution in [0.2, 0.25) is 10.0 Å². The molecular formula is C20H16Cl2N4O2. The van der Waals surface area contributed by atoms with Gasteiger partial charge in [0.25, 0.3) is 0 Å². The summed E-state index contributed by atoms with van der Waals surface area (Å²) >= 11 is 12.1. The predicted molar refractivity (Wildman–Crippen MR) is 111 cm³/mol. The molecule has 0 unspecified atom stereocenters. The van der Waals surface area contributed by atoms with Crippen molar-refractivity contribution in [2.24, 2.45) is 12.1 Å². The highest BCUT2D eigenvalue weighted by Gasteiger charge is 2.15. The number of hydrogen-bond donors (Lipinski definition) is 1. The van der Waals surface area contributed by atoms with Crippen LogP contribution in [-0.2, 0) is 18.3 Å². The number of ether oxygens (including phenoxy) is 1. The first-order valence-electron chi connectivity index (χ1n) is 8.56. The molecule has 4 rings (SSSR count). The van der Waals surface area contributed by atoms with Gasteiger partial charge in [-0.2, -0.15) is 5.10 Å². The number of hydrazone groups is 1. The third-order valence-electron chi connectivity index (χ3n) is 4.38. The van der Waals surface area contributed by atoms with E-state index >= 15 is 0 Å². The van der Waals surface area contributed by atoms with Crippen molar-refractivity contribution in [1.29, 1.82) is 0 Å². The summed E-state index contributed by atoms with van der Waals surface area (Å²) in [5.74, 6) is 1.01. The number of aryl methyl sites for hydroxylation is 1. The van der Waals surface area contributed by atoms with Crippen molar-refractivity contribution in [1.82, 2.24) is 15.0 Å². The number of amides is 1. The van der Waals surface area contributed by atoms with Gasteiger partial charge in [0.15, 0.2) is 0 Å². The molecule has 0 aliphatic carbocycles. The molecule has 142 valence electrons. The second-order valence-corrected chi connectivity index (χ2v) is 7.20. The van der Waals surface area contributed by atoms with E-state index in [1.54, 1.807) is 18.3 Å². The second-order valence-electron chi connectivity index (χ2n) is 6.36. The predicted octanol–water partition coefficient (Wildman–Crippen LogP) is 4.00. The highest BCUT2D eigenvalue weighted by molar-refractivity contribution is 6.36. The van der Waals surface area contributed by atoms with Gasteiger partial charge in [-0.1, -0.05) is 35.3 Å². The summed E-state index contributed by atoms with van der Waals surface area (Å²) in [6.45, 7) is 0.304. The summed E-state index contributed by atoms with van der Waals surface area (Å²) in [6.07, 6.45) is 3.55. The molecule has 1 aliphatic heterocycles. The average Bonchev–Trinajstić information content (AvgIpc) is 2.97. The lowest BCUT2D eigenvalue weighted by Gasteiger charge is -2.17. The quantitative estimate of drug-likeness (QED) is 0.518. The van der Waals surface area contributed by atoms with Gasteiger partial charge in [-0.15, -0.1) is 0 Å². The van der Waals surface area contributed by atoms with Crippen LogP contribution in [0.4, 0.5) is 0 Å². The number of nitrogens with zero attached hydrogens (tertiary/aromatic N) is 3. The van der Waals surface area contributed by atoms with Crippen LogP contribution in [0.5, 0.6) is 5.75 Å². The van der Waals surface area contributed by atoms with Crippen LogP contribution < -0.4 is 10.2 Å². The minimum atomic E-state index is -0.251. The summed E-state index contributed by atoms with van der Waals surface area (Å²) < 4.78 is 7.55. The van der Waals surface area contributed by atoms with Crippen LogP contribution in [0, 0.1) is 0 Å². The van der Waals surface area contributed by atoms with E-state index in [1.165, 1.54) is 0 Å². The Morgan fingerprint density at radius 2 is 2.18 bits per heavy atom. The number of fused-ring (bicyclic) bond motifs is 2. The summed E-state index contributed by atoms with van der Waals surface area (Å²) in [6, 6.07) is 11.1. The Morgan fingerprint density at radius 1 is 1.36 bits per heavy atom. The number of carbonyl (C=O) groups excluding carboxylic acids is 1. The molecule has 0 spiro atoms. The van der Waals surface area contributed by atoms with Crippen LogP contribution in [-0.4, -0.2) is 28.3 Å². The number of hydrogen-bond acceptors (Lipinski definition) is 4. The number of para-hydroxylation sites is 2. The third kappa shape index (κ3) is 3.74. The van der Waals surface area contributed by atoms with E-state index in [0.29, 0.717) is 28.2 Å². The molecule has 0 atom stereocenters. The third-order valence-corrected chi connectivity index (χ3v) is 4.88. The molecule has 28 heavy (non-hydrogen) atoms. The molecule has 1 aromatic heterocycles. The summed E-state index contributed by atoms with van der Waals surface area (Å²) in [5.41, 5.74) is 5.92. The van der Waals surface area contributed by atoms with Crippen LogP contribution >= 0.6 is 23.2 Å². The van der Waals surface area contributed by atoms with Gasteiger partial charge < -0.3 is 9.30 Å². The number of halogens is 2. The maximum Gasteiger partial charge on any atom is 0.247 e. The highest BCUT2D eigenvalue weighted by Crippen LogP contribution is 2.36. The molecule has 2 aromatic carbocycles. The Bertz CT molecular complexity index is 1130. The zero-order chi connectivity index (χ0) is 19.7. The summed E-state index contributed by atoms with van der Waals surface area (Å²) in [4.78, 5) is 16.7. The Morgan fingerprint density at radius 3 is 3.00 bits per heavy atom. The molecule has 1 amide bonds. The molecule has 0 saturated heterocycles. The maximum atomic E-state index is 12.2. The lowest BCUT2D eigenvalue weighted by molar-refractivity contribution is -0.120. The molecule has 0 radical (unpaired) electrons. The highest BCUT2D eigenvalue weighted by atomic mass is 35.5.